The van der Waals surface area contributed by atoms with E-state index >= 15 is 0 Å². The van der Waals surface area contributed by atoms with Gasteiger partial charge in [-0.15, -0.1) is 5.10 Å². The minimum absolute atomic E-state index is 0.0841. The number of benzene rings is 1. The fraction of sp³-hybridized carbons (Fsp3) is 0.125. The first-order valence-corrected chi connectivity index (χ1v) is 7.23. The Morgan fingerprint density at radius 1 is 1.08 bits per heavy atom. The van der Waals surface area contributed by atoms with E-state index in [4.69, 9.17) is 11.5 Å². The van der Waals surface area contributed by atoms with Crippen molar-refractivity contribution in [3.05, 3.63) is 48.7 Å². The van der Waals surface area contributed by atoms with E-state index in [1.165, 1.54) is 0 Å². The molecule has 0 saturated heterocycles. The number of rotatable bonds is 6. The lowest BCUT2D eigenvalue weighted by Crippen LogP contribution is -2.22. The van der Waals surface area contributed by atoms with Crippen molar-refractivity contribution in [3.8, 4) is 0 Å². The molecule has 0 aliphatic heterocycles. The number of nitrogens with two attached hydrogens (primary N) is 2. The summed E-state index contributed by atoms with van der Waals surface area (Å²) < 4.78 is 0. The lowest BCUT2D eigenvalue weighted by atomic mass is 10.3. The van der Waals surface area contributed by atoms with Gasteiger partial charge in [0, 0.05) is 11.4 Å². The largest absolute Gasteiger partial charge is 0.369 e. The van der Waals surface area contributed by atoms with Gasteiger partial charge in [0.15, 0.2) is 0 Å². The molecule has 124 valence electrons. The zero-order chi connectivity index (χ0) is 17.4. The highest BCUT2D eigenvalue weighted by Crippen LogP contribution is 2.15. The molecule has 0 radical (unpaired) electrons. The molecule has 0 saturated carbocycles. The summed E-state index contributed by atoms with van der Waals surface area (Å²) in [5.74, 6) is 0.303. The zero-order valence-corrected chi connectivity index (χ0v) is 13.2. The SMILES string of the molecule is C/C(CC(=O)Nc1ccc(Nc2ccccc2)nc1)=N\N=C(N)N. The standard InChI is InChI=1S/C16H19N7O/c1-11(22-23-16(17)18)9-15(24)21-13-7-8-14(19-10-13)20-12-5-3-2-4-6-12/h2-8,10H,9H2,1H3,(H,19,20)(H,21,24)(H4,17,18,23)/b22-11+. The molecule has 24 heavy (non-hydrogen) atoms. The first kappa shape index (κ1) is 16.9. The molecule has 0 spiro atoms. The number of hydrogen-bond donors (Lipinski definition) is 4. The van der Waals surface area contributed by atoms with Gasteiger partial charge in [0.1, 0.15) is 5.82 Å². The molecule has 1 aromatic carbocycles. The molecule has 6 N–H and O–H groups in total. The highest BCUT2D eigenvalue weighted by atomic mass is 16.1. The summed E-state index contributed by atoms with van der Waals surface area (Å²) in [7, 11) is 0. The van der Waals surface area contributed by atoms with Crippen LogP contribution < -0.4 is 22.1 Å². The van der Waals surface area contributed by atoms with Crippen LogP contribution >= 0.6 is 0 Å². The molecule has 8 heteroatoms. The van der Waals surface area contributed by atoms with Crippen LogP contribution in [0.4, 0.5) is 17.2 Å². The van der Waals surface area contributed by atoms with E-state index in [9.17, 15) is 4.79 Å². The van der Waals surface area contributed by atoms with Crippen LogP contribution in [0.25, 0.3) is 0 Å². The molecule has 0 fully saturated rings. The summed E-state index contributed by atoms with van der Waals surface area (Å²) in [4.78, 5) is 16.2. The number of carbonyl (C=O) groups is 1. The fourth-order valence-corrected chi connectivity index (χ4v) is 1.83. The number of para-hydroxylation sites is 1. The van der Waals surface area contributed by atoms with E-state index in [1.54, 1.807) is 25.3 Å². The van der Waals surface area contributed by atoms with Crippen LogP contribution in [0.2, 0.25) is 0 Å². The Balaban J connectivity index is 1.90. The van der Waals surface area contributed by atoms with Crippen LogP contribution in [-0.4, -0.2) is 22.6 Å². The topological polar surface area (TPSA) is 131 Å². The van der Waals surface area contributed by atoms with Gasteiger partial charge in [0.25, 0.3) is 0 Å². The van der Waals surface area contributed by atoms with E-state index in [2.05, 4.69) is 25.8 Å². The molecule has 0 atom stereocenters. The van der Waals surface area contributed by atoms with E-state index in [0.717, 1.165) is 5.69 Å². The minimum Gasteiger partial charge on any atom is -0.369 e. The molecule has 2 aromatic rings. The van der Waals surface area contributed by atoms with Crippen molar-refractivity contribution >= 4 is 34.8 Å². The van der Waals surface area contributed by atoms with Crippen LogP contribution in [0.1, 0.15) is 13.3 Å². The van der Waals surface area contributed by atoms with Gasteiger partial charge in [0.2, 0.25) is 11.9 Å². The van der Waals surface area contributed by atoms with Gasteiger partial charge in [0.05, 0.1) is 18.3 Å². The van der Waals surface area contributed by atoms with Gasteiger partial charge in [-0.3, -0.25) is 4.79 Å². The second kappa shape index (κ2) is 8.28. The van der Waals surface area contributed by atoms with E-state index in [0.29, 0.717) is 17.2 Å². The lowest BCUT2D eigenvalue weighted by Gasteiger charge is -2.07. The molecule has 2 rings (SSSR count). The van der Waals surface area contributed by atoms with Gasteiger partial charge in [-0.2, -0.15) is 5.10 Å². The number of carbonyl (C=O) groups excluding carboxylic acids is 1. The average Bonchev–Trinajstić information content (AvgIpc) is 2.56. The second-order valence-electron chi connectivity index (χ2n) is 5.01. The first-order valence-electron chi connectivity index (χ1n) is 7.23. The summed E-state index contributed by atoms with van der Waals surface area (Å²) in [6.07, 6.45) is 1.66. The Morgan fingerprint density at radius 2 is 1.83 bits per heavy atom. The van der Waals surface area contributed by atoms with Crippen LogP contribution in [0.5, 0.6) is 0 Å². The smallest absolute Gasteiger partial charge is 0.230 e. The molecular weight excluding hydrogens is 306 g/mol. The number of guanidine groups is 1. The van der Waals surface area contributed by atoms with Gasteiger partial charge >= 0.3 is 0 Å². The average molecular weight is 325 g/mol. The third-order valence-corrected chi connectivity index (χ3v) is 2.85. The summed E-state index contributed by atoms with van der Waals surface area (Å²) in [5.41, 5.74) is 12.4. The highest BCUT2D eigenvalue weighted by molar-refractivity contribution is 6.05. The number of nitrogens with one attached hydrogen (secondary N) is 2. The van der Waals surface area contributed by atoms with Crippen LogP contribution in [0.3, 0.4) is 0 Å². The number of pyridine rings is 1. The monoisotopic (exact) mass is 325 g/mol. The first-order chi connectivity index (χ1) is 11.5. The molecule has 0 unspecified atom stereocenters. The van der Waals surface area contributed by atoms with Crippen molar-refractivity contribution < 1.29 is 4.79 Å². The fourth-order valence-electron chi connectivity index (χ4n) is 1.83. The molecule has 0 aliphatic rings. The maximum Gasteiger partial charge on any atom is 0.230 e. The summed E-state index contributed by atoms with van der Waals surface area (Å²) in [6, 6.07) is 13.2. The zero-order valence-electron chi connectivity index (χ0n) is 13.2. The van der Waals surface area contributed by atoms with E-state index in [-0.39, 0.29) is 18.3 Å². The van der Waals surface area contributed by atoms with Crippen LogP contribution in [0.15, 0.2) is 58.9 Å². The van der Waals surface area contributed by atoms with Crippen molar-refractivity contribution in [3.63, 3.8) is 0 Å². The molecule has 1 amide bonds. The molecule has 1 heterocycles. The Bertz CT molecular complexity index is 735. The number of nitrogens with zero attached hydrogens (tertiary/aromatic N) is 3. The molecule has 0 aliphatic carbocycles. The van der Waals surface area contributed by atoms with Gasteiger partial charge in [-0.1, -0.05) is 18.2 Å². The van der Waals surface area contributed by atoms with Crippen molar-refractivity contribution in [2.45, 2.75) is 13.3 Å². The Kier molecular flexibility index (Phi) is 5.84. The van der Waals surface area contributed by atoms with E-state index in [1.807, 2.05) is 30.3 Å². The van der Waals surface area contributed by atoms with Crippen molar-refractivity contribution in [1.82, 2.24) is 4.98 Å². The number of amides is 1. The summed E-state index contributed by atoms with van der Waals surface area (Å²) >= 11 is 0. The van der Waals surface area contributed by atoms with Crippen LogP contribution in [-0.2, 0) is 4.79 Å². The minimum atomic E-state index is -0.229. The summed E-state index contributed by atoms with van der Waals surface area (Å²) in [6.45, 7) is 1.66. The predicted octanol–water partition coefficient (Wildman–Crippen LogP) is 1.80. The maximum absolute atomic E-state index is 11.9. The highest BCUT2D eigenvalue weighted by Gasteiger charge is 2.05. The number of anilines is 3. The predicted molar refractivity (Wildman–Crippen MR) is 96.1 cm³/mol. The normalized spacial score (nSPS) is 10.8. The Morgan fingerprint density at radius 3 is 2.46 bits per heavy atom. The molecule has 1 aromatic heterocycles. The lowest BCUT2D eigenvalue weighted by molar-refractivity contribution is -0.115. The molecular formula is C16H19N7O. The Labute approximate surface area is 139 Å². The molecule has 0 bridgehead atoms. The number of hydrogen-bond acceptors (Lipinski definition) is 5. The van der Waals surface area contributed by atoms with Gasteiger partial charge in [-0.05, 0) is 31.2 Å². The van der Waals surface area contributed by atoms with Gasteiger partial charge < -0.3 is 22.1 Å². The van der Waals surface area contributed by atoms with E-state index < -0.39 is 0 Å². The summed E-state index contributed by atoms with van der Waals surface area (Å²) in [5, 5.41) is 13.1. The van der Waals surface area contributed by atoms with Gasteiger partial charge in [-0.25, -0.2) is 4.98 Å². The maximum atomic E-state index is 11.9. The van der Waals surface area contributed by atoms with Crippen molar-refractivity contribution in [2.24, 2.45) is 21.7 Å². The third kappa shape index (κ3) is 5.76. The van der Waals surface area contributed by atoms with Crippen molar-refractivity contribution in [2.75, 3.05) is 10.6 Å². The molecule has 8 nitrogen and oxygen atoms in total. The number of aromatic nitrogens is 1. The Hall–Kier alpha value is -3.42. The second-order valence-corrected chi connectivity index (χ2v) is 5.01. The van der Waals surface area contributed by atoms with Crippen molar-refractivity contribution in [1.29, 1.82) is 0 Å². The van der Waals surface area contributed by atoms with Crippen LogP contribution in [0, 0.1) is 0 Å². The quantitative estimate of drug-likeness (QED) is 0.365. The third-order valence-electron chi connectivity index (χ3n) is 2.85.